The summed E-state index contributed by atoms with van der Waals surface area (Å²) < 4.78 is 1.30. The van der Waals surface area contributed by atoms with Gasteiger partial charge in [0.2, 0.25) is 0 Å². The number of halogens is 2. The first-order valence-electron chi connectivity index (χ1n) is 5.53. The van der Waals surface area contributed by atoms with Crippen molar-refractivity contribution in [3.8, 4) is 0 Å². The molecular weight excluding hydrogens is 426 g/mol. The molecule has 0 radical (unpaired) electrons. The Morgan fingerprint density at radius 3 is 2.43 bits per heavy atom. The molecule has 0 spiro atoms. The number of hydrogen-bond donors (Lipinski definition) is 1. The van der Waals surface area contributed by atoms with E-state index in [9.17, 15) is 20.0 Å². The molecule has 0 fully saturated rings. The van der Waals surface area contributed by atoms with Crippen molar-refractivity contribution in [3.05, 3.63) is 61.0 Å². The molecule has 0 amide bonds. The van der Waals surface area contributed by atoms with Crippen LogP contribution in [-0.2, 0) is 0 Å². The summed E-state index contributed by atoms with van der Waals surface area (Å²) in [6.45, 7) is 0. The molecule has 2 aromatic rings. The van der Waals surface area contributed by atoms with Gasteiger partial charge in [-0.2, -0.15) is 0 Å². The summed E-state index contributed by atoms with van der Waals surface area (Å²) in [6.07, 6.45) is 0. The number of non-ortho nitro benzene ring substituents is 1. The number of carboxylic acids is 1. The molecule has 0 aliphatic rings. The lowest BCUT2D eigenvalue weighted by Gasteiger charge is -2.08. The molecule has 0 saturated heterocycles. The van der Waals surface area contributed by atoms with Crippen LogP contribution in [0.4, 0.5) is 5.69 Å². The Hall–Kier alpha value is -1.38. The van der Waals surface area contributed by atoms with Gasteiger partial charge in [-0.25, -0.2) is 4.79 Å². The van der Waals surface area contributed by atoms with Crippen LogP contribution in [0.2, 0.25) is 0 Å². The fourth-order valence-electron chi connectivity index (χ4n) is 1.56. The van der Waals surface area contributed by atoms with E-state index in [2.05, 4.69) is 31.9 Å². The topological polar surface area (TPSA) is 80.4 Å². The van der Waals surface area contributed by atoms with E-state index >= 15 is 0 Å². The van der Waals surface area contributed by atoms with Gasteiger partial charge >= 0.3 is 5.97 Å². The van der Waals surface area contributed by atoms with Crippen LogP contribution in [0.1, 0.15) is 10.4 Å². The average Bonchev–Trinajstić information content (AvgIpc) is 2.40. The van der Waals surface area contributed by atoms with E-state index in [1.165, 1.54) is 30.0 Å². The molecule has 2 aromatic carbocycles. The molecule has 0 aliphatic heterocycles. The highest BCUT2D eigenvalue weighted by atomic mass is 79.9. The van der Waals surface area contributed by atoms with E-state index < -0.39 is 10.9 Å². The highest BCUT2D eigenvalue weighted by molar-refractivity contribution is 9.10. The quantitative estimate of drug-likeness (QED) is 0.544. The van der Waals surface area contributed by atoms with Crippen LogP contribution < -0.4 is 0 Å². The minimum atomic E-state index is -1.02. The summed E-state index contributed by atoms with van der Waals surface area (Å²) in [7, 11) is 0. The Bertz CT molecular complexity index is 736. The molecule has 8 heteroatoms. The lowest BCUT2D eigenvalue weighted by Crippen LogP contribution is -1.98. The molecule has 21 heavy (non-hydrogen) atoms. The van der Waals surface area contributed by atoms with Crippen molar-refractivity contribution in [1.82, 2.24) is 0 Å². The van der Waals surface area contributed by atoms with Crippen molar-refractivity contribution < 1.29 is 14.8 Å². The molecule has 0 saturated carbocycles. The molecule has 0 heterocycles. The van der Waals surface area contributed by atoms with Gasteiger partial charge in [0.15, 0.2) is 0 Å². The molecule has 0 aromatic heterocycles. The van der Waals surface area contributed by atoms with Gasteiger partial charge in [-0.05, 0) is 40.2 Å². The van der Waals surface area contributed by atoms with Crippen molar-refractivity contribution in [2.45, 2.75) is 9.79 Å². The van der Waals surface area contributed by atoms with Crippen molar-refractivity contribution in [1.29, 1.82) is 0 Å². The molecule has 0 bridgehead atoms. The highest BCUT2D eigenvalue weighted by Gasteiger charge is 2.15. The second-order valence-corrected chi connectivity index (χ2v) is 6.77. The summed E-state index contributed by atoms with van der Waals surface area (Å²) >= 11 is 7.79. The lowest BCUT2D eigenvalue weighted by molar-refractivity contribution is -0.385. The molecule has 0 aliphatic carbocycles. The SMILES string of the molecule is O=C(O)c1ccc(Br)cc1Sc1ccc([N+](=O)[O-])cc1Br. The number of nitro benzene ring substituents is 1. The van der Waals surface area contributed by atoms with E-state index in [0.29, 0.717) is 14.3 Å². The van der Waals surface area contributed by atoms with Crippen LogP contribution in [0.25, 0.3) is 0 Å². The fourth-order valence-corrected chi connectivity index (χ4v) is 3.66. The first-order valence-corrected chi connectivity index (χ1v) is 7.93. The fraction of sp³-hybridized carbons (Fsp3) is 0. The zero-order chi connectivity index (χ0) is 15.6. The monoisotopic (exact) mass is 431 g/mol. The number of benzene rings is 2. The van der Waals surface area contributed by atoms with Gasteiger partial charge < -0.3 is 5.11 Å². The Kier molecular flexibility index (Phi) is 5.02. The van der Waals surface area contributed by atoms with Crippen LogP contribution in [-0.4, -0.2) is 16.0 Å². The summed E-state index contributed by atoms with van der Waals surface area (Å²) in [5, 5.41) is 19.9. The van der Waals surface area contributed by atoms with Gasteiger partial charge in [0.1, 0.15) is 0 Å². The second-order valence-electron chi connectivity index (χ2n) is 3.92. The first-order chi connectivity index (χ1) is 9.88. The van der Waals surface area contributed by atoms with Crippen LogP contribution in [0.3, 0.4) is 0 Å². The van der Waals surface area contributed by atoms with E-state index in [1.807, 2.05) is 0 Å². The number of carboxylic acid groups (broad SMARTS) is 1. The lowest BCUT2D eigenvalue weighted by atomic mass is 10.2. The maximum atomic E-state index is 11.2. The Morgan fingerprint density at radius 2 is 1.86 bits per heavy atom. The number of hydrogen-bond acceptors (Lipinski definition) is 4. The number of carbonyl (C=O) groups is 1. The summed E-state index contributed by atoms with van der Waals surface area (Å²) in [6, 6.07) is 9.21. The van der Waals surface area contributed by atoms with Gasteiger partial charge in [-0.3, -0.25) is 10.1 Å². The van der Waals surface area contributed by atoms with E-state index in [0.717, 1.165) is 4.47 Å². The van der Waals surface area contributed by atoms with E-state index in [-0.39, 0.29) is 11.3 Å². The maximum absolute atomic E-state index is 11.2. The maximum Gasteiger partial charge on any atom is 0.336 e. The smallest absolute Gasteiger partial charge is 0.336 e. The molecule has 2 rings (SSSR count). The molecular formula is C13H7Br2NO4S. The molecule has 0 atom stereocenters. The number of aromatic carboxylic acids is 1. The normalized spacial score (nSPS) is 10.4. The van der Waals surface area contributed by atoms with Crippen LogP contribution in [0.15, 0.2) is 55.1 Å². The Balaban J connectivity index is 2.40. The standard InChI is InChI=1S/C13H7Br2NO4S/c14-7-1-3-9(13(17)18)12(5-7)21-11-4-2-8(16(19)20)6-10(11)15/h1-6H,(H,17,18). The third-order valence-corrected chi connectivity index (χ3v) is 5.07. The molecule has 0 unspecified atom stereocenters. The van der Waals surface area contributed by atoms with E-state index in [4.69, 9.17) is 0 Å². The van der Waals surface area contributed by atoms with Gasteiger partial charge in [0, 0.05) is 30.9 Å². The number of nitrogens with zero attached hydrogens (tertiary/aromatic N) is 1. The van der Waals surface area contributed by atoms with Crippen LogP contribution in [0.5, 0.6) is 0 Å². The third-order valence-electron chi connectivity index (χ3n) is 2.52. The van der Waals surface area contributed by atoms with Gasteiger partial charge in [-0.1, -0.05) is 27.7 Å². The number of nitro groups is 1. The predicted molar refractivity (Wildman–Crippen MR) is 86.0 cm³/mol. The summed E-state index contributed by atoms with van der Waals surface area (Å²) in [5.41, 5.74) is 0.146. The second kappa shape index (κ2) is 6.59. The molecule has 5 nitrogen and oxygen atoms in total. The van der Waals surface area contributed by atoms with Gasteiger partial charge in [-0.15, -0.1) is 0 Å². The molecule has 1 N–H and O–H groups in total. The first kappa shape index (κ1) is 16.0. The zero-order valence-corrected chi connectivity index (χ0v) is 14.2. The highest BCUT2D eigenvalue weighted by Crippen LogP contribution is 2.38. The van der Waals surface area contributed by atoms with Gasteiger partial charge in [0.25, 0.3) is 5.69 Å². The van der Waals surface area contributed by atoms with Crippen molar-refractivity contribution in [2.75, 3.05) is 0 Å². The minimum Gasteiger partial charge on any atom is -0.478 e. The van der Waals surface area contributed by atoms with Crippen molar-refractivity contribution in [3.63, 3.8) is 0 Å². The Morgan fingerprint density at radius 1 is 1.14 bits per heavy atom. The van der Waals surface area contributed by atoms with Gasteiger partial charge in [0.05, 0.1) is 10.5 Å². The van der Waals surface area contributed by atoms with Crippen molar-refractivity contribution >= 4 is 55.3 Å². The third kappa shape index (κ3) is 3.84. The number of rotatable bonds is 4. The van der Waals surface area contributed by atoms with Crippen LogP contribution >= 0.6 is 43.6 Å². The largest absolute Gasteiger partial charge is 0.478 e. The molecule has 108 valence electrons. The average molecular weight is 433 g/mol. The predicted octanol–water partition coefficient (Wildman–Crippen LogP) is 4.97. The zero-order valence-electron chi connectivity index (χ0n) is 10.2. The van der Waals surface area contributed by atoms with E-state index in [1.54, 1.807) is 18.2 Å². The van der Waals surface area contributed by atoms with Crippen molar-refractivity contribution in [2.24, 2.45) is 0 Å². The minimum absolute atomic E-state index is 0.0288. The summed E-state index contributed by atoms with van der Waals surface area (Å²) in [4.78, 5) is 22.7. The Labute approximate surface area is 140 Å². The van der Waals surface area contributed by atoms with Crippen LogP contribution in [0, 0.1) is 10.1 Å². The summed E-state index contributed by atoms with van der Waals surface area (Å²) in [5.74, 6) is -1.02.